The fraction of sp³-hybridized carbons (Fsp3) is 0.333. The Hall–Kier alpha value is -1.38. The van der Waals surface area contributed by atoms with E-state index in [0.29, 0.717) is 0 Å². The monoisotopic (exact) mass is 283 g/mol. The van der Waals surface area contributed by atoms with E-state index >= 15 is 0 Å². The van der Waals surface area contributed by atoms with Gasteiger partial charge < -0.3 is 4.43 Å². The second kappa shape index (κ2) is 7.41. The molecule has 0 N–H and O–H groups in total. The fourth-order valence-corrected chi connectivity index (χ4v) is 3.83. The van der Waals surface area contributed by atoms with E-state index in [1.54, 1.807) is 0 Å². The van der Waals surface area contributed by atoms with Crippen LogP contribution in [0.2, 0.25) is 12.1 Å². The molecule has 0 heterocycles. The molecule has 0 aliphatic rings. The smallest absolute Gasteiger partial charge is 0.212 e. The largest absolute Gasteiger partial charge is 0.406 e. The van der Waals surface area contributed by atoms with Crippen LogP contribution in [0.1, 0.15) is 36.6 Å². The van der Waals surface area contributed by atoms with Crippen LogP contribution in [0.15, 0.2) is 54.6 Å². The molecule has 0 aromatic heterocycles. The zero-order valence-corrected chi connectivity index (χ0v) is 13.6. The van der Waals surface area contributed by atoms with Gasteiger partial charge in [0.2, 0.25) is 9.04 Å². The van der Waals surface area contributed by atoms with Crippen LogP contribution in [0.3, 0.4) is 0 Å². The molecule has 105 valence electrons. The molecule has 1 atom stereocenters. The zero-order valence-electron chi connectivity index (χ0n) is 12.6. The maximum Gasteiger partial charge on any atom is 0.212 e. The van der Waals surface area contributed by atoms with Crippen LogP contribution in [-0.2, 0) is 4.43 Å². The second-order valence-electron chi connectivity index (χ2n) is 5.01. The summed E-state index contributed by atoms with van der Waals surface area (Å²) in [6.45, 7) is 6.63. The van der Waals surface area contributed by atoms with Crippen molar-refractivity contribution >= 4 is 9.04 Å². The van der Waals surface area contributed by atoms with E-state index in [2.05, 4.69) is 75.4 Å². The van der Waals surface area contributed by atoms with Crippen molar-refractivity contribution in [3.05, 3.63) is 71.3 Å². The summed E-state index contributed by atoms with van der Waals surface area (Å²) >= 11 is 0. The first-order valence-corrected chi connectivity index (χ1v) is 9.20. The van der Waals surface area contributed by atoms with Gasteiger partial charge >= 0.3 is 0 Å². The van der Waals surface area contributed by atoms with Crippen molar-refractivity contribution in [3.8, 4) is 0 Å². The van der Waals surface area contributed by atoms with E-state index in [4.69, 9.17) is 4.43 Å². The number of benzene rings is 2. The number of hydrogen-bond acceptors (Lipinski definition) is 1. The summed E-state index contributed by atoms with van der Waals surface area (Å²) in [5.74, 6) is 0. The minimum Gasteiger partial charge on any atom is -0.406 e. The van der Waals surface area contributed by atoms with Crippen LogP contribution in [0.25, 0.3) is 0 Å². The highest BCUT2D eigenvalue weighted by Crippen LogP contribution is 2.30. The molecule has 0 spiro atoms. The molecule has 2 heteroatoms. The molecule has 2 aromatic rings. The van der Waals surface area contributed by atoms with Gasteiger partial charge in [0.1, 0.15) is 0 Å². The standard InChI is InChI=1S/C18H23OSi/c1-4-20(5-2)19-18(16-12-7-6-8-13-16)17-14-10-9-11-15(17)3/h6-14,18H,4-5H2,1-3H3. The molecule has 2 rings (SSSR count). The zero-order chi connectivity index (χ0) is 14.4. The van der Waals surface area contributed by atoms with E-state index in [1.165, 1.54) is 16.7 Å². The van der Waals surface area contributed by atoms with Crippen molar-refractivity contribution in [1.29, 1.82) is 0 Å². The summed E-state index contributed by atoms with van der Waals surface area (Å²) in [5, 5.41) is 0. The molecular weight excluding hydrogens is 260 g/mol. The lowest BCUT2D eigenvalue weighted by Crippen LogP contribution is -2.20. The second-order valence-corrected chi connectivity index (χ2v) is 7.74. The minimum atomic E-state index is -0.733. The van der Waals surface area contributed by atoms with E-state index in [-0.39, 0.29) is 6.10 Å². The van der Waals surface area contributed by atoms with Gasteiger partial charge in [-0.25, -0.2) is 0 Å². The summed E-state index contributed by atoms with van der Waals surface area (Å²) < 4.78 is 6.50. The van der Waals surface area contributed by atoms with Crippen molar-refractivity contribution in [3.63, 3.8) is 0 Å². The van der Waals surface area contributed by atoms with Crippen molar-refractivity contribution < 1.29 is 4.43 Å². The Morgan fingerprint density at radius 3 is 2.10 bits per heavy atom. The van der Waals surface area contributed by atoms with E-state index in [0.717, 1.165) is 12.1 Å². The maximum atomic E-state index is 6.50. The molecule has 2 aromatic carbocycles. The van der Waals surface area contributed by atoms with Crippen LogP contribution in [0, 0.1) is 6.92 Å². The van der Waals surface area contributed by atoms with Crippen LogP contribution in [0.5, 0.6) is 0 Å². The van der Waals surface area contributed by atoms with Crippen molar-refractivity contribution in [2.75, 3.05) is 0 Å². The molecular formula is C18H23OSi. The maximum absolute atomic E-state index is 6.50. The topological polar surface area (TPSA) is 9.23 Å². The fourth-order valence-electron chi connectivity index (χ4n) is 2.40. The Labute approximate surface area is 124 Å². The SMILES string of the molecule is CC[Si](CC)OC(c1ccccc1)c1ccccc1C. The first kappa shape index (κ1) is 15.0. The average molecular weight is 283 g/mol. The molecule has 1 nitrogen and oxygen atoms in total. The highest BCUT2D eigenvalue weighted by atomic mass is 28.3. The molecule has 0 fully saturated rings. The highest BCUT2D eigenvalue weighted by molar-refractivity contribution is 6.51. The van der Waals surface area contributed by atoms with Gasteiger partial charge in [0, 0.05) is 0 Å². The van der Waals surface area contributed by atoms with Crippen LogP contribution in [-0.4, -0.2) is 9.04 Å². The van der Waals surface area contributed by atoms with Crippen molar-refractivity contribution in [2.24, 2.45) is 0 Å². The van der Waals surface area contributed by atoms with Gasteiger partial charge in [0.05, 0.1) is 6.10 Å². The summed E-state index contributed by atoms with van der Waals surface area (Å²) in [6.07, 6.45) is 0.0752. The van der Waals surface area contributed by atoms with Gasteiger partial charge in [0.25, 0.3) is 0 Å². The molecule has 0 aliphatic carbocycles. The predicted octanol–water partition coefficient (Wildman–Crippen LogP) is 5.13. The summed E-state index contributed by atoms with van der Waals surface area (Å²) in [4.78, 5) is 0. The minimum absolute atomic E-state index is 0.0752. The lowest BCUT2D eigenvalue weighted by Gasteiger charge is -2.24. The summed E-state index contributed by atoms with van der Waals surface area (Å²) in [5.41, 5.74) is 3.85. The molecule has 0 amide bonds. The molecule has 0 bridgehead atoms. The van der Waals surface area contributed by atoms with Crippen molar-refractivity contribution in [2.45, 2.75) is 39.0 Å². The Morgan fingerprint density at radius 2 is 1.50 bits per heavy atom. The third-order valence-corrected chi connectivity index (χ3v) is 5.79. The van der Waals surface area contributed by atoms with Gasteiger partial charge in [0.15, 0.2) is 0 Å². The number of hydrogen-bond donors (Lipinski definition) is 0. The van der Waals surface area contributed by atoms with E-state index in [9.17, 15) is 0 Å². The van der Waals surface area contributed by atoms with Crippen LogP contribution < -0.4 is 0 Å². The Morgan fingerprint density at radius 1 is 0.900 bits per heavy atom. The van der Waals surface area contributed by atoms with Gasteiger partial charge in [-0.1, -0.05) is 68.4 Å². The summed E-state index contributed by atoms with van der Waals surface area (Å²) in [7, 11) is -0.733. The van der Waals surface area contributed by atoms with E-state index < -0.39 is 9.04 Å². The Kier molecular flexibility index (Phi) is 5.56. The van der Waals surface area contributed by atoms with Crippen LogP contribution >= 0.6 is 0 Å². The lowest BCUT2D eigenvalue weighted by molar-refractivity contribution is 0.246. The first-order chi connectivity index (χ1) is 9.76. The quantitative estimate of drug-likeness (QED) is 0.668. The van der Waals surface area contributed by atoms with Gasteiger partial charge in [-0.2, -0.15) is 0 Å². The molecule has 1 unspecified atom stereocenters. The average Bonchev–Trinajstić information content (AvgIpc) is 2.51. The number of aryl methyl sites for hydroxylation is 1. The molecule has 1 radical (unpaired) electrons. The van der Waals surface area contributed by atoms with Crippen LogP contribution in [0.4, 0.5) is 0 Å². The molecule has 0 saturated carbocycles. The summed E-state index contributed by atoms with van der Waals surface area (Å²) in [6, 6.07) is 21.4. The number of rotatable bonds is 6. The third-order valence-electron chi connectivity index (χ3n) is 3.65. The lowest BCUT2D eigenvalue weighted by atomic mass is 9.98. The molecule has 20 heavy (non-hydrogen) atoms. The van der Waals surface area contributed by atoms with Gasteiger partial charge in [-0.05, 0) is 35.7 Å². The predicted molar refractivity (Wildman–Crippen MR) is 87.3 cm³/mol. The first-order valence-electron chi connectivity index (χ1n) is 7.38. The Balaban J connectivity index is 2.37. The molecule has 0 saturated heterocycles. The Bertz CT molecular complexity index is 520. The van der Waals surface area contributed by atoms with Crippen molar-refractivity contribution in [1.82, 2.24) is 0 Å². The van der Waals surface area contributed by atoms with Gasteiger partial charge in [-0.15, -0.1) is 0 Å². The third kappa shape index (κ3) is 3.59. The normalized spacial score (nSPS) is 12.6. The van der Waals surface area contributed by atoms with Gasteiger partial charge in [-0.3, -0.25) is 0 Å². The molecule has 0 aliphatic heterocycles. The van der Waals surface area contributed by atoms with E-state index in [1.807, 2.05) is 0 Å². The highest BCUT2D eigenvalue weighted by Gasteiger charge is 2.20.